The van der Waals surface area contributed by atoms with Crippen LogP contribution in [0.3, 0.4) is 0 Å². The highest BCUT2D eigenvalue weighted by molar-refractivity contribution is 9.10. The molecular weight excluding hydrogens is 428 g/mol. The van der Waals surface area contributed by atoms with Gasteiger partial charge in [-0.2, -0.15) is 0 Å². The number of carbonyl (C=O) groups excluding carboxylic acids is 2. The summed E-state index contributed by atoms with van der Waals surface area (Å²) in [7, 11) is 0. The first-order valence-corrected chi connectivity index (χ1v) is 9.69. The van der Waals surface area contributed by atoms with Gasteiger partial charge in [-0.1, -0.05) is 41.4 Å². The number of Topliss-reactive ketones (excluding diaryl/α,β-unsaturated/α-hetero) is 1. The lowest BCUT2D eigenvalue weighted by Crippen LogP contribution is -2.42. The topological polar surface area (TPSA) is 101 Å². The summed E-state index contributed by atoms with van der Waals surface area (Å²) < 4.78 is 0.678. The number of hydrogen-bond donors (Lipinski definition) is 1. The average molecular weight is 447 g/mol. The lowest BCUT2D eigenvalue weighted by molar-refractivity contribution is -0.384. The van der Waals surface area contributed by atoms with E-state index in [4.69, 9.17) is 0 Å². The molecule has 1 aliphatic heterocycles. The van der Waals surface area contributed by atoms with Gasteiger partial charge in [-0.3, -0.25) is 19.7 Å². The Morgan fingerprint density at radius 2 is 2.04 bits per heavy atom. The zero-order chi connectivity index (χ0) is 20.5. The fraction of sp³-hybridized carbons (Fsp3) is 0.300. The van der Waals surface area contributed by atoms with E-state index in [-0.39, 0.29) is 11.3 Å². The number of ketones is 1. The van der Waals surface area contributed by atoms with Gasteiger partial charge >= 0.3 is 0 Å². The van der Waals surface area contributed by atoms with Crippen molar-refractivity contribution in [3.63, 3.8) is 0 Å². The number of anilines is 1. The van der Waals surface area contributed by atoms with Gasteiger partial charge in [0, 0.05) is 34.3 Å². The van der Waals surface area contributed by atoms with Crippen LogP contribution in [0.25, 0.3) is 0 Å². The molecule has 1 aliphatic rings. The molecule has 2 aromatic carbocycles. The molecule has 0 aliphatic carbocycles. The molecule has 1 atom stereocenters. The number of nitro groups is 1. The fourth-order valence-corrected chi connectivity index (χ4v) is 3.72. The van der Waals surface area contributed by atoms with E-state index in [2.05, 4.69) is 15.9 Å². The first kappa shape index (κ1) is 20.2. The highest BCUT2D eigenvalue weighted by Crippen LogP contribution is 2.44. The predicted molar refractivity (Wildman–Crippen MR) is 107 cm³/mol. The van der Waals surface area contributed by atoms with E-state index in [0.29, 0.717) is 22.3 Å². The molecule has 0 saturated carbocycles. The van der Waals surface area contributed by atoms with Crippen LogP contribution >= 0.6 is 15.9 Å². The zero-order valence-corrected chi connectivity index (χ0v) is 16.8. The van der Waals surface area contributed by atoms with Gasteiger partial charge in [0.15, 0.2) is 11.4 Å². The number of benzene rings is 2. The van der Waals surface area contributed by atoms with E-state index < -0.39 is 28.6 Å². The van der Waals surface area contributed by atoms with Crippen molar-refractivity contribution < 1.29 is 19.6 Å². The van der Waals surface area contributed by atoms with Gasteiger partial charge < -0.3 is 10.0 Å². The Bertz CT molecular complexity index is 961. The molecule has 0 radical (unpaired) electrons. The van der Waals surface area contributed by atoms with E-state index >= 15 is 0 Å². The number of rotatable bonds is 7. The molecule has 1 amide bonds. The van der Waals surface area contributed by atoms with E-state index in [1.807, 2.05) is 6.92 Å². The van der Waals surface area contributed by atoms with Crippen LogP contribution in [0.2, 0.25) is 0 Å². The molecule has 1 heterocycles. The number of halogens is 1. The summed E-state index contributed by atoms with van der Waals surface area (Å²) in [6, 6.07) is 10.4. The average Bonchev–Trinajstić information content (AvgIpc) is 2.87. The van der Waals surface area contributed by atoms with E-state index in [0.717, 1.165) is 18.9 Å². The lowest BCUT2D eigenvalue weighted by Gasteiger charge is -2.22. The Balaban J connectivity index is 1.97. The van der Waals surface area contributed by atoms with E-state index in [1.165, 1.54) is 23.1 Å². The Hall–Kier alpha value is -2.58. The number of non-ortho nitro benzene ring substituents is 1. The lowest BCUT2D eigenvalue weighted by atomic mass is 9.88. The molecule has 1 unspecified atom stereocenters. The van der Waals surface area contributed by atoms with Crippen LogP contribution in [0.4, 0.5) is 11.4 Å². The smallest absolute Gasteiger partial charge is 0.270 e. The Morgan fingerprint density at radius 3 is 2.71 bits per heavy atom. The van der Waals surface area contributed by atoms with Crippen molar-refractivity contribution in [2.45, 2.75) is 31.8 Å². The first-order chi connectivity index (χ1) is 13.3. The van der Waals surface area contributed by atoms with Gasteiger partial charge in [0.25, 0.3) is 11.6 Å². The largest absolute Gasteiger partial charge is 0.375 e. The summed E-state index contributed by atoms with van der Waals surface area (Å²) in [5.41, 5.74) is -1.20. The highest BCUT2D eigenvalue weighted by Gasteiger charge is 2.50. The van der Waals surface area contributed by atoms with Crippen molar-refractivity contribution in [3.05, 3.63) is 68.2 Å². The van der Waals surface area contributed by atoms with Crippen molar-refractivity contribution in [1.82, 2.24) is 0 Å². The van der Waals surface area contributed by atoms with E-state index in [9.17, 15) is 24.8 Å². The maximum absolute atomic E-state index is 13.0. The van der Waals surface area contributed by atoms with Gasteiger partial charge in [-0.05, 0) is 24.6 Å². The number of hydrogen-bond acceptors (Lipinski definition) is 5. The third-order valence-electron chi connectivity index (χ3n) is 4.82. The second-order valence-electron chi connectivity index (χ2n) is 6.74. The normalized spacial score (nSPS) is 18.2. The molecule has 0 bridgehead atoms. The van der Waals surface area contributed by atoms with Crippen molar-refractivity contribution in [2.24, 2.45) is 0 Å². The van der Waals surface area contributed by atoms with E-state index in [1.54, 1.807) is 18.2 Å². The number of aliphatic hydroxyl groups is 1. The third-order valence-corrected chi connectivity index (χ3v) is 5.32. The Kier molecular flexibility index (Phi) is 5.62. The van der Waals surface area contributed by atoms with Gasteiger partial charge in [-0.25, -0.2) is 0 Å². The fourth-order valence-electron chi connectivity index (χ4n) is 3.36. The molecule has 28 heavy (non-hydrogen) atoms. The number of nitro benzene ring substituents is 1. The quantitative estimate of drug-likeness (QED) is 0.393. The third kappa shape index (κ3) is 3.57. The monoisotopic (exact) mass is 446 g/mol. The van der Waals surface area contributed by atoms with Gasteiger partial charge in [-0.15, -0.1) is 0 Å². The van der Waals surface area contributed by atoms with Crippen LogP contribution in [0.1, 0.15) is 42.1 Å². The number of amides is 1. The number of nitrogens with zero attached hydrogens (tertiary/aromatic N) is 2. The summed E-state index contributed by atoms with van der Waals surface area (Å²) in [5.74, 6) is -1.09. The Labute approximate surface area is 170 Å². The van der Waals surface area contributed by atoms with Crippen LogP contribution < -0.4 is 4.90 Å². The predicted octanol–water partition coefficient (Wildman–Crippen LogP) is 3.96. The van der Waals surface area contributed by atoms with Gasteiger partial charge in [0.2, 0.25) is 0 Å². The minimum Gasteiger partial charge on any atom is -0.375 e. The molecule has 0 saturated heterocycles. The minimum absolute atomic E-state index is 0.0824. The van der Waals surface area contributed by atoms with Crippen molar-refractivity contribution in [1.29, 1.82) is 0 Å². The zero-order valence-electron chi connectivity index (χ0n) is 15.2. The molecule has 8 heteroatoms. The standard InChI is InChI=1S/C20H19BrN2O5/c1-2-3-9-22-17-8-7-14(21)11-16(17)20(26,19(22)25)12-18(24)13-5-4-6-15(10-13)23(27)28/h4-8,10-11,26H,2-3,9,12H2,1H3. The molecule has 0 spiro atoms. The summed E-state index contributed by atoms with van der Waals surface area (Å²) >= 11 is 3.34. The number of fused-ring (bicyclic) bond motifs is 1. The molecule has 2 aromatic rings. The summed E-state index contributed by atoms with van der Waals surface area (Å²) in [6.45, 7) is 2.44. The van der Waals surface area contributed by atoms with Crippen molar-refractivity contribution in [3.8, 4) is 0 Å². The van der Waals surface area contributed by atoms with Crippen molar-refractivity contribution >= 4 is 39.0 Å². The molecule has 0 fully saturated rings. The molecule has 0 aromatic heterocycles. The molecule has 1 N–H and O–H groups in total. The van der Waals surface area contributed by atoms with Gasteiger partial charge in [0.05, 0.1) is 17.0 Å². The Morgan fingerprint density at radius 1 is 1.29 bits per heavy atom. The summed E-state index contributed by atoms with van der Waals surface area (Å²) in [6.07, 6.45) is 1.15. The second kappa shape index (κ2) is 7.81. The molecule has 146 valence electrons. The van der Waals surface area contributed by atoms with Crippen LogP contribution in [0.5, 0.6) is 0 Å². The second-order valence-corrected chi connectivity index (χ2v) is 7.66. The van der Waals surface area contributed by atoms with Crippen LogP contribution in [0, 0.1) is 10.1 Å². The maximum atomic E-state index is 13.0. The molecule has 7 nitrogen and oxygen atoms in total. The highest BCUT2D eigenvalue weighted by atomic mass is 79.9. The minimum atomic E-state index is -2.01. The summed E-state index contributed by atoms with van der Waals surface area (Å²) in [4.78, 5) is 37.7. The van der Waals surface area contributed by atoms with Crippen molar-refractivity contribution in [2.75, 3.05) is 11.4 Å². The molecule has 3 rings (SSSR count). The van der Waals surface area contributed by atoms with Crippen LogP contribution in [-0.2, 0) is 10.4 Å². The summed E-state index contributed by atoms with van der Waals surface area (Å²) in [5, 5.41) is 22.2. The van der Waals surface area contributed by atoms with Crippen LogP contribution in [-0.4, -0.2) is 28.3 Å². The number of carbonyl (C=O) groups is 2. The maximum Gasteiger partial charge on any atom is 0.270 e. The molecular formula is C20H19BrN2O5. The number of unbranched alkanes of at least 4 members (excludes halogenated alkanes) is 1. The van der Waals surface area contributed by atoms with Gasteiger partial charge in [0.1, 0.15) is 0 Å². The SMILES string of the molecule is CCCCN1C(=O)C(O)(CC(=O)c2cccc([N+](=O)[O-])c2)c2cc(Br)ccc21. The van der Waals surface area contributed by atoms with Crippen LogP contribution in [0.15, 0.2) is 46.9 Å². The first-order valence-electron chi connectivity index (χ1n) is 8.90.